The van der Waals surface area contributed by atoms with Crippen LogP contribution in [-0.4, -0.2) is 22.9 Å². The van der Waals surface area contributed by atoms with Crippen LogP contribution < -0.4 is 10.1 Å². The van der Waals surface area contributed by atoms with E-state index < -0.39 is 15.8 Å². The molecule has 2 rings (SSSR count). The molecule has 118 valence electrons. The first-order valence-corrected chi connectivity index (χ1v) is 6.31. The quantitative estimate of drug-likeness (QED) is 0.667. The number of carbonyl (C=O) groups excluding carboxylic acids is 1. The molecule has 0 heterocycles. The maximum atomic E-state index is 12.2. The number of nitrogens with one attached hydrogen (secondary N) is 1. The molecule has 0 atom stereocenters. The van der Waals surface area contributed by atoms with Crippen LogP contribution in [0.15, 0.2) is 42.5 Å². The number of ether oxygens (including phenoxy) is 1. The molecule has 0 spiro atoms. The maximum absolute atomic E-state index is 12.2. The van der Waals surface area contributed by atoms with E-state index in [2.05, 4.69) is 5.32 Å². The lowest BCUT2D eigenvalue weighted by atomic mass is 10.1. The predicted molar refractivity (Wildman–Crippen MR) is 80.7 cm³/mol. The van der Waals surface area contributed by atoms with Gasteiger partial charge in [0.05, 0.1) is 22.6 Å². The van der Waals surface area contributed by atoms with Crippen LogP contribution in [0, 0.1) is 20.2 Å². The number of nitro groups is 2. The molecule has 1 N–H and O–H groups in total. The third-order valence-electron chi connectivity index (χ3n) is 2.99. The third-order valence-corrected chi connectivity index (χ3v) is 2.99. The summed E-state index contributed by atoms with van der Waals surface area (Å²) >= 11 is 0. The van der Waals surface area contributed by atoms with Crippen molar-refractivity contribution in [2.75, 3.05) is 12.4 Å². The summed E-state index contributed by atoms with van der Waals surface area (Å²) in [6.07, 6.45) is 0. The number of hydrogen-bond donors (Lipinski definition) is 1. The van der Waals surface area contributed by atoms with Crippen LogP contribution in [0.25, 0.3) is 0 Å². The number of amides is 1. The van der Waals surface area contributed by atoms with Gasteiger partial charge in [0.1, 0.15) is 11.3 Å². The zero-order chi connectivity index (χ0) is 17.0. The molecule has 9 nitrogen and oxygen atoms in total. The fraction of sp³-hybridized carbons (Fsp3) is 0.0714. The summed E-state index contributed by atoms with van der Waals surface area (Å²) in [6.45, 7) is 0. The Balaban J connectivity index is 2.39. The first-order valence-electron chi connectivity index (χ1n) is 6.31. The average molecular weight is 317 g/mol. The van der Waals surface area contributed by atoms with Gasteiger partial charge in [0.2, 0.25) is 0 Å². The zero-order valence-corrected chi connectivity index (χ0v) is 11.9. The smallest absolute Gasteiger partial charge is 0.282 e. The molecule has 2 aromatic rings. The van der Waals surface area contributed by atoms with Crippen molar-refractivity contribution in [2.24, 2.45) is 0 Å². The molecule has 0 aromatic heterocycles. The third kappa shape index (κ3) is 3.40. The minimum atomic E-state index is -0.768. The molecule has 0 aliphatic rings. The van der Waals surface area contributed by atoms with Gasteiger partial charge in [-0.2, -0.15) is 0 Å². The summed E-state index contributed by atoms with van der Waals surface area (Å²) < 4.78 is 5.02. The van der Waals surface area contributed by atoms with E-state index in [4.69, 9.17) is 4.74 Å². The Hall–Kier alpha value is -3.49. The standard InChI is InChI=1S/C14H11N3O6/c1-23-13-7-6-9(16(19)20)8-11(13)15-14(18)10-4-2-3-5-12(10)17(21)22/h2-8H,1H3,(H,15,18). The summed E-state index contributed by atoms with van der Waals surface area (Å²) in [6, 6.07) is 9.06. The number of rotatable bonds is 5. The van der Waals surface area contributed by atoms with E-state index in [1.54, 1.807) is 0 Å². The van der Waals surface area contributed by atoms with Crippen LogP contribution in [-0.2, 0) is 0 Å². The van der Waals surface area contributed by atoms with Crippen molar-refractivity contribution in [1.29, 1.82) is 0 Å². The molecule has 0 saturated heterocycles. The topological polar surface area (TPSA) is 125 Å². The Morgan fingerprint density at radius 3 is 2.39 bits per heavy atom. The fourth-order valence-corrected chi connectivity index (χ4v) is 1.92. The maximum Gasteiger partial charge on any atom is 0.282 e. The summed E-state index contributed by atoms with van der Waals surface area (Å²) in [5.41, 5.74) is -0.728. The van der Waals surface area contributed by atoms with E-state index in [0.717, 1.165) is 6.07 Å². The second-order valence-electron chi connectivity index (χ2n) is 4.37. The number of methoxy groups -OCH3 is 1. The van der Waals surface area contributed by atoms with Gasteiger partial charge >= 0.3 is 0 Å². The molecule has 0 unspecified atom stereocenters. The van der Waals surface area contributed by atoms with Crippen LogP contribution in [0.4, 0.5) is 17.1 Å². The van der Waals surface area contributed by atoms with Gasteiger partial charge in [0.25, 0.3) is 17.3 Å². The Labute approximate surface area is 129 Å². The first kappa shape index (κ1) is 15.9. The van der Waals surface area contributed by atoms with Crippen molar-refractivity contribution < 1.29 is 19.4 Å². The molecule has 0 saturated carbocycles. The van der Waals surface area contributed by atoms with Crippen LogP contribution >= 0.6 is 0 Å². The minimum absolute atomic E-state index is 0.0462. The Kier molecular flexibility index (Phi) is 4.50. The number of nitro benzene ring substituents is 2. The minimum Gasteiger partial charge on any atom is -0.495 e. The molecular weight excluding hydrogens is 306 g/mol. The molecule has 0 aliphatic carbocycles. The number of carbonyl (C=O) groups is 1. The van der Waals surface area contributed by atoms with E-state index in [0.29, 0.717) is 0 Å². The van der Waals surface area contributed by atoms with Crippen molar-refractivity contribution in [1.82, 2.24) is 0 Å². The van der Waals surface area contributed by atoms with Gasteiger partial charge in [-0.15, -0.1) is 0 Å². The number of nitrogens with zero attached hydrogens (tertiary/aromatic N) is 2. The van der Waals surface area contributed by atoms with Crippen molar-refractivity contribution in [2.45, 2.75) is 0 Å². The van der Waals surface area contributed by atoms with Gasteiger partial charge in [-0.25, -0.2) is 0 Å². The van der Waals surface area contributed by atoms with Gasteiger partial charge in [-0.05, 0) is 12.1 Å². The fourth-order valence-electron chi connectivity index (χ4n) is 1.92. The number of non-ortho nitro benzene ring substituents is 1. The van der Waals surface area contributed by atoms with E-state index in [1.165, 1.54) is 43.5 Å². The largest absolute Gasteiger partial charge is 0.495 e. The Morgan fingerprint density at radius 1 is 1.09 bits per heavy atom. The van der Waals surface area contributed by atoms with E-state index in [9.17, 15) is 25.0 Å². The number of hydrogen-bond acceptors (Lipinski definition) is 6. The summed E-state index contributed by atoms with van der Waals surface area (Å²) in [5.74, 6) is -0.571. The molecule has 0 bridgehead atoms. The van der Waals surface area contributed by atoms with Crippen LogP contribution in [0.3, 0.4) is 0 Å². The average Bonchev–Trinajstić information content (AvgIpc) is 2.54. The highest BCUT2D eigenvalue weighted by Gasteiger charge is 2.21. The Bertz CT molecular complexity index is 790. The van der Waals surface area contributed by atoms with Crippen molar-refractivity contribution >= 4 is 23.0 Å². The highest BCUT2D eigenvalue weighted by molar-refractivity contribution is 6.07. The lowest BCUT2D eigenvalue weighted by molar-refractivity contribution is -0.385. The van der Waals surface area contributed by atoms with Crippen LogP contribution in [0.1, 0.15) is 10.4 Å². The highest BCUT2D eigenvalue weighted by Crippen LogP contribution is 2.30. The summed E-state index contributed by atoms with van der Waals surface area (Å²) in [7, 11) is 1.34. The zero-order valence-electron chi connectivity index (χ0n) is 11.9. The molecule has 9 heteroatoms. The summed E-state index contributed by atoms with van der Waals surface area (Å²) in [5, 5.41) is 24.2. The number of para-hydroxylation sites is 1. The van der Waals surface area contributed by atoms with E-state index >= 15 is 0 Å². The van der Waals surface area contributed by atoms with Crippen molar-refractivity contribution in [3.05, 3.63) is 68.3 Å². The van der Waals surface area contributed by atoms with Crippen molar-refractivity contribution in [3.63, 3.8) is 0 Å². The normalized spacial score (nSPS) is 9.96. The number of anilines is 1. The van der Waals surface area contributed by atoms with Gasteiger partial charge in [-0.1, -0.05) is 12.1 Å². The van der Waals surface area contributed by atoms with Gasteiger partial charge < -0.3 is 10.1 Å². The molecule has 0 aliphatic heterocycles. The molecule has 23 heavy (non-hydrogen) atoms. The Morgan fingerprint density at radius 2 is 1.78 bits per heavy atom. The van der Waals surface area contributed by atoms with Gasteiger partial charge in [-0.3, -0.25) is 25.0 Å². The molecule has 2 aromatic carbocycles. The molecule has 1 amide bonds. The molecular formula is C14H11N3O6. The lowest BCUT2D eigenvalue weighted by Crippen LogP contribution is -2.14. The molecule has 0 radical (unpaired) electrons. The van der Waals surface area contributed by atoms with Gasteiger partial charge in [0.15, 0.2) is 0 Å². The van der Waals surface area contributed by atoms with E-state index in [1.807, 2.05) is 0 Å². The number of benzene rings is 2. The van der Waals surface area contributed by atoms with Crippen LogP contribution in [0.2, 0.25) is 0 Å². The first-order chi connectivity index (χ1) is 10.9. The SMILES string of the molecule is COc1ccc([N+](=O)[O-])cc1NC(=O)c1ccccc1[N+](=O)[O-]. The predicted octanol–water partition coefficient (Wildman–Crippen LogP) is 2.76. The van der Waals surface area contributed by atoms with Crippen molar-refractivity contribution in [3.8, 4) is 5.75 Å². The van der Waals surface area contributed by atoms with Crippen LogP contribution in [0.5, 0.6) is 5.75 Å². The second kappa shape index (κ2) is 6.52. The monoisotopic (exact) mass is 317 g/mol. The highest BCUT2D eigenvalue weighted by atomic mass is 16.6. The van der Waals surface area contributed by atoms with E-state index in [-0.39, 0.29) is 28.4 Å². The summed E-state index contributed by atoms with van der Waals surface area (Å²) in [4.78, 5) is 32.7. The molecule has 0 fully saturated rings. The lowest BCUT2D eigenvalue weighted by Gasteiger charge is -2.10. The second-order valence-corrected chi connectivity index (χ2v) is 4.37. The van der Waals surface area contributed by atoms with Gasteiger partial charge in [0, 0.05) is 18.2 Å².